The largest absolute Gasteiger partial charge is 0.393 e. The molecule has 1 saturated carbocycles. The number of thiocarbonyl (C=S) groups is 1. The lowest BCUT2D eigenvalue weighted by molar-refractivity contribution is -0.124. The van der Waals surface area contributed by atoms with Crippen molar-refractivity contribution in [2.75, 3.05) is 0 Å². The number of hydrogen-bond donors (Lipinski definition) is 2. The highest BCUT2D eigenvalue weighted by atomic mass is 32.1. The van der Waals surface area contributed by atoms with Gasteiger partial charge >= 0.3 is 0 Å². The molecule has 1 rings (SSSR count). The van der Waals surface area contributed by atoms with Gasteiger partial charge in [0, 0.05) is 6.04 Å². The van der Waals surface area contributed by atoms with Crippen LogP contribution in [0.15, 0.2) is 0 Å². The van der Waals surface area contributed by atoms with Gasteiger partial charge in [0.2, 0.25) is 5.91 Å². The molecule has 0 aromatic rings. The summed E-state index contributed by atoms with van der Waals surface area (Å²) in [6.45, 7) is 4.25. The van der Waals surface area contributed by atoms with Crippen LogP contribution >= 0.6 is 12.2 Å². The Labute approximate surface area is 110 Å². The number of nitrogens with two attached hydrogens (primary N) is 1. The second-order valence-corrected chi connectivity index (χ2v) is 5.59. The maximum Gasteiger partial charge on any atom is 0.230 e. The summed E-state index contributed by atoms with van der Waals surface area (Å²) < 4.78 is 0. The quantitative estimate of drug-likeness (QED) is 0.743. The molecule has 0 heterocycles. The molecular weight excluding hydrogens is 232 g/mol. The van der Waals surface area contributed by atoms with E-state index in [4.69, 9.17) is 18.0 Å². The molecule has 1 aliphatic rings. The van der Waals surface area contributed by atoms with Crippen molar-refractivity contribution in [3.63, 3.8) is 0 Å². The van der Waals surface area contributed by atoms with Gasteiger partial charge in [0.05, 0.1) is 10.9 Å². The van der Waals surface area contributed by atoms with E-state index >= 15 is 0 Å². The average molecular weight is 256 g/mol. The van der Waals surface area contributed by atoms with Crippen LogP contribution in [0.1, 0.15) is 52.4 Å². The van der Waals surface area contributed by atoms with Crippen LogP contribution in [0.25, 0.3) is 0 Å². The molecule has 4 heteroatoms. The normalized spacial score (nSPS) is 26.2. The molecule has 0 spiro atoms. The molecular formula is C13H24N2OS. The highest BCUT2D eigenvalue weighted by Gasteiger charge is 2.27. The second kappa shape index (κ2) is 6.94. The lowest BCUT2D eigenvalue weighted by Gasteiger charge is -2.30. The Kier molecular flexibility index (Phi) is 5.89. The summed E-state index contributed by atoms with van der Waals surface area (Å²) in [6.07, 6.45) is 6.46. The van der Waals surface area contributed by atoms with Gasteiger partial charge in [-0.05, 0) is 25.2 Å². The third-order valence-electron chi connectivity index (χ3n) is 3.68. The molecule has 0 radical (unpaired) electrons. The third-order valence-corrected chi connectivity index (χ3v) is 3.96. The van der Waals surface area contributed by atoms with Gasteiger partial charge in [0.1, 0.15) is 0 Å². The minimum absolute atomic E-state index is 0.0260. The molecule has 0 aromatic heterocycles. The Balaban J connectivity index is 2.53. The number of carbonyl (C=O) groups is 1. The third kappa shape index (κ3) is 4.26. The van der Waals surface area contributed by atoms with Crippen LogP contribution in [-0.4, -0.2) is 16.9 Å². The Morgan fingerprint density at radius 3 is 2.65 bits per heavy atom. The van der Waals surface area contributed by atoms with Crippen molar-refractivity contribution in [1.82, 2.24) is 5.32 Å². The van der Waals surface area contributed by atoms with E-state index in [0.717, 1.165) is 19.3 Å². The van der Waals surface area contributed by atoms with Gasteiger partial charge in [0.25, 0.3) is 0 Å². The van der Waals surface area contributed by atoms with Gasteiger partial charge in [0.15, 0.2) is 0 Å². The first-order chi connectivity index (χ1) is 8.06. The molecule has 98 valence electrons. The van der Waals surface area contributed by atoms with Crippen molar-refractivity contribution in [2.45, 2.75) is 58.4 Å². The van der Waals surface area contributed by atoms with E-state index in [1.54, 1.807) is 0 Å². The van der Waals surface area contributed by atoms with E-state index in [-0.39, 0.29) is 11.8 Å². The van der Waals surface area contributed by atoms with Gasteiger partial charge in [-0.3, -0.25) is 4.79 Å². The molecule has 3 nitrogen and oxygen atoms in total. The number of carbonyl (C=O) groups excluding carboxylic acids is 1. The van der Waals surface area contributed by atoms with Gasteiger partial charge < -0.3 is 11.1 Å². The molecule has 0 aromatic carbocycles. The van der Waals surface area contributed by atoms with E-state index in [1.165, 1.54) is 19.3 Å². The molecule has 0 bridgehead atoms. The van der Waals surface area contributed by atoms with Gasteiger partial charge in [-0.25, -0.2) is 0 Å². The minimum atomic E-state index is -0.288. The predicted octanol–water partition coefficient (Wildman–Crippen LogP) is 2.38. The van der Waals surface area contributed by atoms with Crippen molar-refractivity contribution in [3.8, 4) is 0 Å². The van der Waals surface area contributed by atoms with Crippen LogP contribution in [0.5, 0.6) is 0 Å². The zero-order valence-electron chi connectivity index (χ0n) is 10.9. The van der Waals surface area contributed by atoms with E-state index < -0.39 is 0 Å². The summed E-state index contributed by atoms with van der Waals surface area (Å²) in [7, 11) is 0. The smallest absolute Gasteiger partial charge is 0.230 e. The zero-order valence-corrected chi connectivity index (χ0v) is 11.7. The van der Waals surface area contributed by atoms with Crippen molar-refractivity contribution in [1.29, 1.82) is 0 Å². The molecule has 3 atom stereocenters. The van der Waals surface area contributed by atoms with Crippen LogP contribution in [0.2, 0.25) is 0 Å². The monoisotopic (exact) mass is 256 g/mol. The van der Waals surface area contributed by atoms with E-state index in [9.17, 15) is 4.79 Å². The van der Waals surface area contributed by atoms with Crippen molar-refractivity contribution < 1.29 is 4.79 Å². The summed E-state index contributed by atoms with van der Waals surface area (Å²) in [4.78, 5) is 12.4. The molecule has 3 N–H and O–H groups in total. The first-order valence-electron chi connectivity index (χ1n) is 6.66. The van der Waals surface area contributed by atoms with Crippen molar-refractivity contribution in [2.24, 2.45) is 17.6 Å². The summed E-state index contributed by atoms with van der Waals surface area (Å²) in [6, 6.07) is 0.310. The fourth-order valence-electron chi connectivity index (χ4n) is 2.51. The summed E-state index contributed by atoms with van der Waals surface area (Å²) >= 11 is 4.97. The van der Waals surface area contributed by atoms with Crippen LogP contribution in [-0.2, 0) is 4.79 Å². The lowest BCUT2D eigenvalue weighted by Crippen LogP contribution is -2.46. The van der Waals surface area contributed by atoms with Gasteiger partial charge in [-0.1, -0.05) is 45.3 Å². The van der Waals surface area contributed by atoms with Crippen LogP contribution in [0, 0.1) is 11.8 Å². The zero-order chi connectivity index (χ0) is 12.8. The average Bonchev–Trinajstić information content (AvgIpc) is 2.28. The molecule has 1 fully saturated rings. The summed E-state index contributed by atoms with van der Waals surface area (Å²) in [5.74, 6) is 0.309. The number of amides is 1. The van der Waals surface area contributed by atoms with E-state index in [2.05, 4.69) is 12.2 Å². The van der Waals surface area contributed by atoms with E-state index in [1.807, 2.05) is 6.92 Å². The standard InChI is InChI=1S/C13H24N2OS/c1-3-6-10(12(14)17)13(16)15-11-8-5-4-7-9(11)2/h9-11H,3-8H2,1-2H3,(H2,14,17)(H,15,16). The number of nitrogens with one attached hydrogen (secondary N) is 1. The molecule has 1 aliphatic carbocycles. The second-order valence-electron chi connectivity index (χ2n) is 5.12. The van der Waals surface area contributed by atoms with Crippen molar-refractivity contribution in [3.05, 3.63) is 0 Å². The lowest BCUT2D eigenvalue weighted by atomic mass is 9.85. The van der Waals surface area contributed by atoms with Crippen LogP contribution < -0.4 is 11.1 Å². The maximum atomic E-state index is 12.1. The highest BCUT2D eigenvalue weighted by molar-refractivity contribution is 7.80. The highest BCUT2D eigenvalue weighted by Crippen LogP contribution is 2.24. The molecule has 3 unspecified atom stereocenters. The molecule has 0 saturated heterocycles. The molecule has 1 amide bonds. The van der Waals surface area contributed by atoms with Gasteiger partial charge in [-0.2, -0.15) is 0 Å². The topological polar surface area (TPSA) is 55.1 Å². The Hall–Kier alpha value is -0.640. The molecule has 0 aliphatic heterocycles. The fraction of sp³-hybridized carbons (Fsp3) is 0.846. The summed E-state index contributed by atoms with van der Waals surface area (Å²) in [5.41, 5.74) is 5.63. The Bertz CT molecular complexity index is 281. The predicted molar refractivity (Wildman–Crippen MR) is 74.7 cm³/mol. The van der Waals surface area contributed by atoms with Crippen LogP contribution in [0.4, 0.5) is 0 Å². The Morgan fingerprint density at radius 2 is 2.12 bits per heavy atom. The summed E-state index contributed by atoms with van der Waals surface area (Å²) in [5, 5.41) is 3.13. The SMILES string of the molecule is CCCC(C(=O)NC1CCCCC1C)C(N)=S. The molecule has 17 heavy (non-hydrogen) atoms. The maximum absolute atomic E-state index is 12.1. The van der Waals surface area contributed by atoms with Crippen molar-refractivity contribution >= 4 is 23.1 Å². The van der Waals surface area contributed by atoms with Crippen LogP contribution in [0.3, 0.4) is 0 Å². The number of hydrogen-bond acceptors (Lipinski definition) is 2. The first-order valence-corrected chi connectivity index (χ1v) is 7.06. The Morgan fingerprint density at radius 1 is 1.47 bits per heavy atom. The van der Waals surface area contributed by atoms with E-state index in [0.29, 0.717) is 16.9 Å². The first kappa shape index (κ1) is 14.4. The number of rotatable bonds is 5. The van der Waals surface area contributed by atoms with Gasteiger partial charge in [-0.15, -0.1) is 0 Å². The fourth-order valence-corrected chi connectivity index (χ4v) is 2.73. The minimum Gasteiger partial charge on any atom is -0.393 e.